The van der Waals surface area contributed by atoms with Crippen molar-refractivity contribution in [2.45, 2.75) is 0 Å². The van der Waals surface area contributed by atoms with Crippen LogP contribution in [0.1, 0.15) is 0 Å². The van der Waals surface area contributed by atoms with Crippen molar-refractivity contribution in [3.05, 3.63) is 195 Å². The third-order valence-electron chi connectivity index (χ3n) is 11.6. The number of pyridine rings is 2. The number of fused-ring (bicyclic) bond motifs is 12. The third kappa shape index (κ3) is 4.57. The van der Waals surface area contributed by atoms with Crippen LogP contribution in [0.25, 0.3) is 54.9 Å². The minimum absolute atomic E-state index is 0.714. The molecule has 0 N–H and O–H groups in total. The van der Waals surface area contributed by atoms with E-state index in [1.807, 2.05) is 42.9 Å². The molecule has 0 bridgehead atoms. The smallest absolute Gasteiger partial charge is 0.188 e. The topological polar surface area (TPSA) is 53.6 Å². The molecule has 0 atom stereocenters. The van der Waals surface area contributed by atoms with Crippen molar-refractivity contribution in [3.8, 4) is 28.7 Å². The molecule has 0 saturated carbocycles. The zero-order valence-electron chi connectivity index (χ0n) is 30.6. The van der Waals surface area contributed by atoms with Crippen LogP contribution in [0.5, 0.6) is 23.0 Å². The zero-order valence-corrected chi connectivity index (χ0v) is 31.6. The molecule has 0 unspecified atom stereocenters. The largest absolute Gasteiger partial charge is 0.457 e. The number of ether oxygens (including phenoxy) is 2. The van der Waals surface area contributed by atoms with Crippen LogP contribution in [-0.4, -0.2) is 27.0 Å². The number of rotatable bonds is 5. The molecule has 0 spiro atoms. The Bertz CT molecular complexity index is 3340. The minimum atomic E-state index is -2.87. The van der Waals surface area contributed by atoms with Gasteiger partial charge < -0.3 is 9.47 Å². The molecule has 1 aliphatic rings. The Morgan fingerprint density at radius 2 is 1.21 bits per heavy atom. The van der Waals surface area contributed by atoms with Crippen molar-refractivity contribution in [2.24, 2.45) is 0 Å². The molecule has 0 saturated heterocycles. The Hall–Kier alpha value is -7.48. The number of hydrogen-bond donors (Lipinski definition) is 0. The summed E-state index contributed by atoms with van der Waals surface area (Å²) in [6.45, 7) is 0. The van der Waals surface area contributed by atoms with Gasteiger partial charge >= 0.3 is 0 Å². The van der Waals surface area contributed by atoms with Gasteiger partial charge in [0.25, 0.3) is 0 Å². The Balaban J connectivity index is 1.08. The SMILES string of the molecule is c1ccc([Si]2(c3ccccc3)c3ccccc3Oc3c2ccc2c4cccnc4n(-c4cccc(Oc5ccc6c7ccccc7n7ccnc7c6c5)c4)c32)cc1. The number of nitrogens with zero attached hydrogens (tertiary/aromatic N) is 4. The molecular weight excluding hydrogens is 717 g/mol. The van der Waals surface area contributed by atoms with Crippen LogP contribution in [-0.2, 0) is 0 Å². The lowest BCUT2D eigenvalue weighted by Gasteiger charge is -2.39. The fraction of sp³-hybridized carbons (Fsp3) is 0. The van der Waals surface area contributed by atoms with Crippen LogP contribution in [0.3, 0.4) is 0 Å². The van der Waals surface area contributed by atoms with E-state index in [-0.39, 0.29) is 0 Å². The highest BCUT2D eigenvalue weighted by Crippen LogP contribution is 2.41. The first-order valence-corrected chi connectivity index (χ1v) is 21.1. The molecule has 7 aromatic carbocycles. The van der Waals surface area contributed by atoms with Crippen LogP contribution in [0.4, 0.5) is 0 Å². The van der Waals surface area contributed by atoms with Gasteiger partial charge in [0.1, 0.15) is 28.5 Å². The lowest BCUT2D eigenvalue weighted by Crippen LogP contribution is -2.76. The molecule has 0 aliphatic carbocycles. The second-order valence-electron chi connectivity index (χ2n) is 14.6. The number of hydrogen-bond acceptors (Lipinski definition) is 4. The van der Waals surface area contributed by atoms with E-state index in [4.69, 9.17) is 19.4 Å². The Morgan fingerprint density at radius 1 is 0.491 bits per heavy atom. The quantitative estimate of drug-likeness (QED) is 0.130. The van der Waals surface area contributed by atoms with E-state index < -0.39 is 8.07 Å². The maximum absolute atomic E-state index is 7.15. The van der Waals surface area contributed by atoms with Crippen molar-refractivity contribution in [1.82, 2.24) is 18.9 Å². The van der Waals surface area contributed by atoms with Crippen molar-refractivity contribution < 1.29 is 9.47 Å². The second-order valence-corrected chi connectivity index (χ2v) is 18.3. The summed E-state index contributed by atoms with van der Waals surface area (Å²) in [6, 6.07) is 62.3. The molecule has 0 amide bonds. The van der Waals surface area contributed by atoms with Crippen LogP contribution in [0.15, 0.2) is 195 Å². The summed E-state index contributed by atoms with van der Waals surface area (Å²) in [5.41, 5.74) is 4.79. The van der Waals surface area contributed by atoms with E-state index in [1.54, 1.807) is 0 Å². The van der Waals surface area contributed by atoms with E-state index in [9.17, 15) is 0 Å². The highest BCUT2D eigenvalue weighted by Gasteiger charge is 2.48. The van der Waals surface area contributed by atoms with Crippen molar-refractivity contribution in [3.63, 3.8) is 0 Å². The Labute approximate surface area is 328 Å². The lowest BCUT2D eigenvalue weighted by atomic mass is 10.1. The molecule has 0 radical (unpaired) electrons. The average molecular weight is 749 g/mol. The van der Waals surface area contributed by atoms with E-state index >= 15 is 0 Å². The number of benzene rings is 7. The van der Waals surface area contributed by atoms with Crippen LogP contribution < -0.4 is 30.2 Å². The van der Waals surface area contributed by atoms with E-state index in [0.29, 0.717) is 5.75 Å². The number of imidazole rings is 1. The van der Waals surface area contributed by atoms with Gasteiger partial charge in [0.2, 0.25) is 0 Å². The molecule has 11 aromatic rings. The molecule has 268 valence electrons. The highest BCUT2D eigenvalue weighted by molar-refractivity contribution is 7.20. The van der Waals surface area contributed by atoms with Gasteiger partial charge in [-0.15, -0.1) is 0 Å². The molecule has 1 aliphatic heterocycles. The van der Waals surface area contributed by atoms with Gasteiger partial charge in [-0.3, -0.25) is 8.97 Å². The van der Waals surface area contributed by atoms with Gasteiger partial charge in [0.05, 0.1) is 16.7 Å². The molecule has 7 heteroatoms. The van der Waals surface area contributed by atoms with Crippen LogP contribution in [0.2, 0.25) is 0 Å². The van der Waals surface area contributed by atoms with Gasteiger partial charge in [0, 0.05) is 46.2 Å². The van der Waals surface area contributed by atoms with Gasteiger partial charge in [-0.25, -0.2) is 9.97 Å². The second kappa shape index (κ2) is 12.3. The van der Waals surface area contributed by atoms with Gasteiger partial charge in [-0.1, -0.05) is 115 Å². The fourth-order valence-electron chi connectivity index (χ4n) is 9.27. The summed E-state index contributed by atoms with van der Waals surface area (Å²) in [4.78, 5) is 9.74. The summed E-state index contributed by atoms with van der Waals surface area (Å²) in [5.74, 6) is 3.19. The van der Waals surface area contributed by atoms with Crippen molar-refractivity contribution >= 4 is 78.1 Å². The lowest BCUT2D eigenvalue weighted by molar-refractivity contribution is 0.483. The highest BCUT2D eigenvalue weighted by atomic mass is 28.3. The van der Waals surface area contributed by atoms with Gasteiger partial charge in [0.15, 0.2) is 13.8 Å². The first kappa shape index (κ1) is 31.8. The Morgan fingerprint density at radius 3 is 2.07 bits per heavy atom. The monoisotopic (exact) mass is 748 g/mol. The van der Waals surface area contributed by atoms with Crippen molar-refractivity contribution in [1.29, 1.82) is 0 Å². The third-order valence-corrected chi connectivity index (χ3v) is 16.4. The van der Waals surface area contributed by atoms with E-state index in [0.717, 1.165) is 66.8 Å². The van der Waals surface area contributed by atoms with Gasteiger partial charge in [-0.05, 0) is 80.7 Å². The molecule has 0 fully saturated rings. The molecule has 4 aromatic heterocycles. The van der Waals surface area contributed by atoms with E-state index in [2.05, 4.69) is 161 Å². The zero-order chi connectivity index (χ0) is 37.5. The maximum atomic E-state index is 7.15. The number of aromatic nitrogens is 4. The van der Waals surface area contributed by atoms with Crippen LogP contribution in [0, 0.1) is 0 Å². The first-order valence-electron chi connectivity index (χ1n) is 19.1. The maximum Gasteiger partial charge on any atom is 0.188 e. The summed E-state index contributed by atoms with van der Waals surface area (Å²) in [5, 5.41) is 10.5. The molecule has 6 nitrogen and oxygen atoms in total. The summed E-state index contributed by atoms with van der Waals surface area (Å²) in [6.07, 6.45) is 5.73. The summed E-state index contributed by atoms with van der Waals surface area (Å²) >= 11 is 0. The molecule has 12 rings (SSSR count). The fourth-order valence-corrected chi connectivity index (χ4v) is 14.2. The molecular formula is C50H32N4O2Si. The Kier molecular flexibility index (Phi) is 6.85. The van der Waals surface area contributed by atoms with E-state index in [1.165, 1.54) is 26.1 Å². The standard InChI is InChI=1S/C50H32N4O2Si/c1-3-15-36(16-4-1)57(37-17-5-2-6-18-37)45-23-10-9-22-44(45)56-48-46(57)27-26-40-41-20-12-28-51-50(41)54(47(40)48)33-13-11-14-34(31-33)55-35-24-25-38-39-19-7-8-21-43(39)53-30-29-52-49(53)42(38)32-35/h1-32H. The summed E-state index contributed by atoms with van der Waals surface area (Å²) < 4.78 is 18.2. The predicted octanol–water partition coefficient (Wildman–Crippen LogP) is 9.41. The van der Waals surface area contributed by atoms with Crippen LogP contribution >= 0.6 is 0 Å². The molecule has 5 heterocycles. The summed E-state index contributed by atoms with van der Waals surface area (Å²) in [7, 11) is -2.87. The molecule has 57 heavy (non-hydrogen) atoms. The minimum Gasteiger partial charge on any atom is -0.457 e. The average Bonchev–Trinajstić information content (AvgIpc) is 3.91. The van der Waals surface area contributed by atoms with Gasteiger partial charge in [-0.2, -0.15) is 0 Å². The predicted molar refractivity (Wildman–Crippen MR) is 233 cm³/mol. The van der Waals surface area contributed by atoms with Crippen molar-refractivity contribution in [2.75, 3.05) is 0 Å². The first-order chi connectivity index (χ1) is 28.3. The number of para-hydroxylation sites is 2. The normalized spacial score (nSPS) is 13.2.